The van der Waals surface area contributed by atoms with Gasteiger partial charge in [-0.1, -0.05) is 80.1 Å². The molecule has 6 amide bonds. The number of carboxylic acids is 1. The quantitative estimate of drug-likeness (QED) is 0.0180. The van der Waals surface area contributed by atoms with Crippen LogP contribution in [0.25, 0.3) is 0 Å². The molecular formula is C86H146N6O30. The van der Waals surface area contributed by atoms with E-state index in [0.29, 0.717) is 96.4 Å². The van der Waals surface area contributed by atoms with Crippen molar-refractivity contribution in [2.24, 2.45) is 35.5 Å². The average molecular weight is 1740 g/mol. The van der Waals surface area contributed by atoms with Crippen molar-refractivity contribution in [3.8, 4) is 0 Å². The van der Waals surface area contributed by atoms with Gasteiger partial charge in [0.25, 0.3) is 0 Å². The molecule has 3 heterocycles. The number of aliphatic carboxylic acids is 1. The van der Waals surface area contributed by atoms with Crippen molar-refractivity contribution in [2.75, 3.05) is 112 Å². The molecule has 3 fully saturated rings. The third-order valence-electron chi connectivity index (χ3n) is 21.8. The van der Waals surface area contributed by atoms with Crippen LogP contribution in [0.15, 0.2) is 0 Å². The van der Waals surface area contributed by atoms with E-state index in [4.69, 9.17) is 76.2 Å². The molecule has 0 bridgehead atoms. The lowest BCUT2D eigenvalue weighted by Gasteiger charge is -2.43. The molecule has 0 radical (unpaired) electrons. The molecule has 3 rings (SSSR count). The number of nitrogens with one attached hydrogen (secondary N) is 6. The first kappa shape index (κ1) is 109. The zero-order valence-corrected chi connectivity index (χ0v) is 74.6. The van der Waals surface area contributed by atoms with E-state index in [9.17, 15) is 67.1 Å². The van der Waals surface area contributed by atoms with Crippen LogP contribution in [-0.4, -0.2) is 261 Å². The molecule has 0 aromatic heterocycles. The first-order chi connectivity index (χ1) is 58.2. The van der Waals surface area contributed by atoms with E-state index in [-0.39, 0.29) is 227 Å². The van der Waals surface area contributed by atoms with Gasteiger partial charge in [-0.25, -0.2) is 0 Å². The van der Waals surface area contributed by atoms with Gasteiger partial charge < -0.3 is 108 Å². The van der Waals surface area contributed by atoms with E-state index in [0.717, 1.165) is 38.5 Å². The van der Waals surface area contributed by atoms with E-state index in [2.05, 4.69) is 31.9 Å². The summed E-state index contributed by atoms with van der Waals surface area (Å²) in [6.45, 7) is 20.6. The monoisotopic (exact) mass is 1740 g/mol. The minimum atomic E-state index is -1.39. The summed E-state index contributed by atoms with van der Waals surface area (Å²) >= 11 is 0. The third-order valence-corrected chi connectivity index (χ3v) is 21.8. The zero-order chi connectivity index (χ0) is 90.2. The number of ketones is 1. The fourth-order valence-electron chi connectivity index (χ4n) is 14.1. The molecule has 6 unspecified atom stereocenters. The lowest BCUT2D eigenvalue weighted by molar-refractivity contribution is -0.280. The molecular weight excluding hydrogens is 1600 g/mol. The second-order valence-electron chi connectivity index (χ2n) is 32.3. The number of amides is 6. The van der Waals surface area contributed by atoms with Crippen molar-refractivity contribution in [2.45, 2.75) is 317 Å². The number of unbranched alkanes of at least 4 members (excludes halogenated alkanes) is 11. The van der Waals surface area contributed by atoms with Crippen molar-refractivity contribution in [1.29, 1.82) is 0 Å². The molecule has 36 nitrogen and oxygen atoms in total. The highest BCUT2D eigenvalue weighted by molar-refractivity contribution is 5.79. The predicted molar refractivity (Wildman–Crippen MR) is 441 cm³/mol. The van der Waals surface area contributed by atoms with Crippen LogP contribution < -0.4 is 31.9 Å². The summed E-state index contributed by atoms with van der Waals surface area (Å²) in [5.74, 6) is -6.08. The fraction of sp³-hybridized carbons (Fsp3) is 0.837. The Morgan fingerprint density at radius 3 is 0.877 bits per heavy atom. The number of rotatable bonds is 67. The number of ether oxygens (including phenoxy) is 15. The maximum Gasteiger partial charge on any atom is 0.303 e. The largest absolute Gasteiger partial charge is 0.481 e. The summed E-state index contributed by atoms with van der Waals surface area (Å²) in [6.07, 6.45) is 6.25. The number of carboxylic acid groups (broad SMARTS) is 1. The Morgan fingerprint density at radius 1 is 0.295 bits per heavy atom. The summed E-state index contributed by atoms with van der Waals surface area (Å²) in [5.41, 5.74) is -1.39. The van der Waals surface area contributed by atoms with E-state index in [1.807, 2.05) is 41.5 Å². The Balaban J connectivity index is 1.58. The first-order valence-corrected chi connectivity index (χ1v) is 44.0. The van der Waals surface area contributed by atoms with Crippen molar-refractivity contribution in [3.05, 3.63) is 0 Å². The Bertz CT molecular complexity index is 2850. The summed E-state index contributed by atoms with van der Waals surface area (Å²) in [5, 5.41) is 26.3. The SMILES string of the molecule is CC(=O)OCC1O[C@@H](OCCCCC(=O)CCCCNC(=O)CCOCC(COCCC(=O)NCCCNC(=O)CCCCO[C@@H]2OC(COC(C)=O)[C@@H](C)[C@H](C)C2OC(C)=O)(COCCC(=O)NCCCNC(=O)CCCCO[C@@H]2OC(COC(C)=O)[C@@H](C)[C@H](C)C2OC(C)=O)NC(=O)CCCCCCCCCCC(=O)O)C(OC(C)=O)[C@@H](C)[C@@H]1C. The molecule has 0 spiro atoms. The average Bonchev–Trinajstić information content (AvgIpc) is 0.816. The maximum atomic E-state index is 14.0. The van der Waals surface area contributed by atoms with Crippen LogP contribution in [0.2, 0.25) is 0 Å². The molecule has 0 aromatic rings. The Morgan fingerprint density at radius 2 is 0.566 bits per heavy atom. The van der Waals surface area contributed by atoms with Crippen LogP contribution in [0.5, 0.6) is 0 Å². The van der Waals surface area contributed by atoms with Crippen LogP contribution in [0.1, 0.15) is 256 Å². The maximum absolute atomic E-state index is 14.0. The second kappa shape index (κ2) is 63.4. The number of hydrogen-bond donors (Lipinski definition) is 7. The Kier molecular flexibility index (Phi) is 56.4. The van der Waals surface area contributed by atoms with Gasteiger partial charge in [0.05, 0.1) is 58.0 Å². The summed E-state index contributed by atoms with van der Waals surface area (Å²) in [6, 6.07) is 0. The standard InChI is InChI=1S/C86H146N6O30/c1-57-60(4)80(117-66(10)96)83(120-70(57)51-114-63(7)93)111-45-26-22-32-69(99)31-21-25-40-87-75(102)37-48-108-54-86(92-78(105)35-19-17-15-13-14-16-18-20-36-79(106)107,55-109-49-38-76(103)90-43-29-41-88-73(100)33-23-27-46-112-84-81(118-67(11)97)61(5)58(2)71(121-84)52-115-64(8)94)56-110-50-39-77(104)91-44-30-42-89-74(101)34-24-28-47-113-85-82(119-68(12)98)62(6)59(3)72(122-85)53-116-65(9)95/h57-62,70-72,80-85H,13-56H2,1-12H3,(H,87,102)(H,88,100)(H,89,101)(H,90,103)(H,91,104)(H,92,105)(H,106,107)/t57-,58-,59-,60-,61-,62-,70?,71?,72?,80?,81?,82?,83+,84+,85+,86?/m0/s1. The fourth-order valence-corrected chi connectivity index (χ4v) is 14.1. The molecule has 3 saturated heterocycles. The summed E-state index contributed by atoms with van der Waals surface area (Å²) in [7, 11) is 0. The van der Waals surface area contributed by atoms with Crippen molar-refractivity contribution in [3.63, 3.8) is 0 Å². The number of carbonyl (C=O) groups is 14. The number of Topliss-reactive ketones (excluding diaryl/α,β-unsaturated/α-hetero) is 1. The molecule has 0 saturated carbocycles. The van der Waals surface area contributed by atoms with Crippen LogP contribution in [0.3, 0.4) is 0 Å². The highest BCUT2D eigenvalue weighted by Gasteiger charge is 2.48. The van der Waals surface area contributed by atoms with Crippen molar-refractivity contribution in [1.82, 2.24) is 31.9 Å². The summed E-state index contributed by atoms with van der Waals surface area (Å²) in [4.78, 5) is 173. The molecule has 3 aliphatic rings. The van der Waals surface area contributed by atoms with Gasteiger partial charge >= 0.3 is 41.8 Å². The number of hydrogen-bond acceptors (Lipinski definition) is 29. The molecule has 700 valence electrons. The normalized spacial score (nSPS) is 23.0. The Labute approximate surface area is 720 Å². The van der Waals surface area contributed by atoms with E-state index in [1.54, 1.807) is 0 Å². The number of esters is 6. The van der Waals surface area contributed by atoms with Gasteiger partial charge in [-0.05, 0) is 94.8 Å². The summed E-state index contributed by atoms with van der Waals surface area (Å²) < 4.78 is 87.1. The van der Waals surface area contributed by atoms with E-state index in [1.165, 1.54) is 41.5 Å². The van der Waals surface area contributed by atoms with Gasteiger partial charge in [0.1, 0.15) is 31.1 Å². The van der Waals surface area contributed by atoms with Crippen LogP contribution in [0.4, 0.5) is 0 Å². The molecule has 15 atom stereocenters. The minimum Gasteiger partial charge on any atom is -0.481 e. The third kappa shape index (κ3) is 48.6. The highest BCUT2D eigenvalue weighted by atomic mass is 16.7. The molecule has 122 heavy (non-hydrogen) atoms. The highest BCUT2D eigenvalue weighted by Crippen LogP contribution is 2.37. The van der Waals surface area contributed by atoms with Gasteiger partial charge in [-0.15, -0.1) is 0 Å². The van der Waals surface area contributed by atoms with Crippen LogP contribution in [0, 0.1) is 35.5 Å². The van der Waals surface area contributed by atoms with E-state index >= 15 is 0 Å². The lowest BCUT2D eigenvalue weighted by Crippen LogP contribution is -2.58. The van der Waals surface area contributed by atoms with Gasteiger partial charge in [0.2, 0.25) is 35.4 Å². The van der Waals surface area contributed by atoms with Crippen LogP contribution >= 0.6 is 0 Å². The predicted octanol–water partition coefficient (Wildman–Crippen LogP) is 7.18. The van der Waals surface area contributed by atoms with Gasteiger partial charge in [-0.2, -0.15) is 0 Å². The zero-order valence-electron chi connectivity index (χ0n) is 74.6. The van der Waals surface area contributed by atoms with Gasteiger partial charge in [0, 0.05) is 170 Å². The van der Waals surface area contributed by atoms with Crippen molar-refractivity contribution >= 4 is 83.0 Å². The second-order valence-corrected chi connectivity index (χ2v) is 32.3. The lowest BCUT2D eigenvalue weighted by atomic mass is 9.83. The molecule has 7 N–H and O–H groups in total. The minimum absolute atomic E-state index is 0.0221. The Hall–Kier alpha value is -7.58. The smallest absolute Gasteiger partial charge is 0.303 e. The van der Waals surface area contributed by atoms with E-state index < -0.39 is 103 Å². The van der Waals surface area contributed by atoms with Crippen molar-refractivity contribution < 1.29 is 143 Å². The first-order valence-electron chi connectivity index (χ1n) is 44.0. The van der Waals surface area contributed by atoms with Gasteiger partial charge in [0.15, 0.2) is 37.2 Å². The molecule has 0 aromatic carbocycles. The van der Waals surface area contributed by atoms with Crippen LogP contribution in [-0.2, 0) is 138 Å². The topological polar surface area (TPSA) is 470 Å². The molecule has 0 aliphatic carbocycles. The van der Waals surface area contributed by atoms with Gasteiger partial charge in [-0.3, -0.25) is 67.1 Å². The number of carbonyl (C=O) groups excluding carboxylic acids is 13. The molecule has 3 aliphatic heterocycles. The molecule has 36 heteroatoms.